The molecule has 108 valence electrons. The van der Waals surface area contributed by atoms with Crippen LogP contribution in [-0.2, 0) is 14.3 Å². The standard InChI is InChI=1S/C15H25NO3/c17-14(11-12-3-1-2-4-12)16-7-5-13(6-8-16)15-18-9-10-19-15/h12-13,15H,1-11H2. The molecule has 2 heterocycles. The number of nitrogens with zero attached hydrogens (tertiary/aromatic N) is 1. The molecular weight excluding hydrogens is 242 g/mol. The van der Waals surface area contributed by atoms with E-state index in [2.05, 4.69) is 4.90 Å². The van der Waals surface area contributed by atoms with Crippen LogP contribution in [0.3, 0.4) is 0 Å². The van der Waals surface area contributed by atoms with E-state index in [0.29, 0.717) is 17.7 Å². The molecule has 1 saturated carbocycles. The van der Waals surface area contributed by atoms with E-state index in [4.69, 9.17) is 9.47 Å². The Morgan fingerprint density at radius 1 is 1.00 bits per heavy atom. The normalized spacial score (nSPS) is 27.3. The van der Waals surface area contributed by atoms with E-state index in [1.807, 2.05) is 0 Å². The lowest BCUT2D eigenvalue weighted by atomic mass is 9.95. The van der Waals surface area contributed by atoms with Crippen LogP contribution in [0.4, 0.5) is 0 Å². The largest absolute Gasteiger partial charge is 0.350 e. The van der Waals surface area contributed by atoms with Crippen LogP contribution < -0.4 is 0 Å². The minimum Gasteiger partial charge on any atom is -0.350 e. The highest BCUT2D eigenvalue weighted by atomic mass is 16.7. The van der Waals surface area contributed by atoms with Crippen LogP contribution in [0.25, 0.3) is 0 Å². The van der Waals surface area contributed by atoms with Crippen molar-refractivity contribution in [3.8, 4) is 0 Å². The van der Waals surface area contributed by atoms with Gasteiger partial charge >= 0.3 is 0 Å². The van der Waals surface area contributed by atoms with Gasteiger partial charge in [0.05, 0.1) is 13.2 Å². The molecule has 2 aliphatic heterocycles. The quantitative estimate of drug-likeness (QED) is 0.786. The first-order valence-corrected chi connectivity index (χ1v) is 7.84. The molecule has 1 amide bonds. The van der Waals surface area contributed by atoms with Crippen molar-refractivity contribution in [1.29, 1.82) is 0 Å². The molecule has 3 aliphatic rings. The van der Waals surface area contributed by atoms with Gasteiger partial charge in [0, 0.05) is 25.4 Å². The number of piperidine rings is 1. The number of hydrogen-bond acceptors (Lipinski definition) is 3. The Balaban J connectivity index is 1.42. The molecule has 0 unspecified atom stereocenters. The highest BCUT2D eigenvalue weighted by Gasteiger charge is 2.32. The fraction of sp³-hybridized carbons (Fsp3) is 0.933. The second-order valence-electron chi connectivity index (χ2n) is 6.18. The average molecular weight is 267 g/mol. The number of ether oxygens (including phenoxy) is 2. The Hall–Kier alpha value is -0.610. The van der Waals surface area contributed by atoms with Crippen molar-refractivity contribution in [3.63, 3.8) is 0 Å². The number of rotatable bonds is 3. The molecule has 2 saturated heterocycles. The third-order valence-corrected chi connectivity index (χ3v) is 4.86. The summed E-state index contributed by atoms with van der Waals surface area (Å²) in [6.45, 7) is 3.23. The lowest BCUT2D eigenvalue weighted by Crippen LogP contribution is -2.41. The van der Waals surface area contributed by atoms with E-state index in [0.717, 1.165) is 45.6 Å². The molecule has 4 nitrogen and oxygen atoms in total. The van der Waals surface area contributed by atoms with Crippen LogP contribution in [0.2, 0.25) is 0 Å². The lowest BCUT2D eigenvalue weighted by molar-refractivity contribution is -0.137. The lowest BCUT2D eigenvalue weighted by Gasteiger charge is -2.34. The van der Waals surface area contributed by atoms with Crippen molar-refractivity contribution in [3.05, 3.63) is 0 Å². The minimum absolute atomic E-state index is 0.00733. The van der Waals surface area contributed by atoms with Gasteiger partial charge < -0.3 is 14.4 Å². The minimum atomic E-state index is -0.00733. The van der Waals surface area contributed by atoms with Crippen LogP contribution >= 0.6 is 0 Å². The van der Waals surface area contributed by atoms with Gasteiger partial charge in [0.25, 0.3) is 0 Å². The van der Waals surface area contributed by atoms with Crippen LogP contribution in [0.1, 0.15) is 44.9 Å². The summed E-state index contributed by atoms with van der Waals surface area (Å²) in [7, 11) is 0. The van der Waals surface area contributed by atoms with Crippen molar-refractivity contribution >= 4 is 5.91 Å². The number of carbonyl (C=O) groups excluding carboxylic acids is 1. The summed E-state index contributed by atoms with van der Waals surface area (Å²) in [4.78, 5) is 14.3. The Bertz CT molecular complexity index is 301. The summed E-state index contributed by atoms with van der Waals surface area (Å²) < 4.78 is 11.1. The van der Waals surface area contributed by atoms with Crippen LogP contribution in [0.5, 0.6) is 0 Å². The predicted molar refractivity (Wildman–Crippen MR) is 71.6 cm³/mol. The summed E-state index contributed by atoms with van der Waals surface area (Å²) >= 11 is 0. The molecule has 0 aromatic carbocycles. The Morgan fingerprint density at radius 3 is 2.26 bits per heavy atom. The molecule has 0 radical (unpaired) electrons. The zero-order chi connectivity index (χ0) is 13.1. The highest BCUT2D eigenvalue weighted by molar-refractivity contribution is 5.76. The monoisotopic (exact) mass is 267 g/mol. The van der Waals surface area contributed by atoms with E-state index >= 15 is 0 Å². The molecule has 0 aromatic heterocycles. The summed E-state index contributed by atoms with van der Waals surface area (Å²) in [5.41, 5.74) is 0. The first-order chi connectivity index (χ1) is 9.33. The van der Waals surface area contributed by atoms with Crippen molar-refractivity contribution < 1.29 is 14.3 Å². The fourth-order valence-electron chi connectivity index (χ4n) is 3.66. The van der Waals surface area contributed by atoms with Crippen LogP contribution in [0, 0.1) is 11.8 Å². The van der Waals surface area contributed by atoms with Crippen LogP contribution in [-0.4, -0.2) is 43.4 Å². The molecule has 3 fully saturated rings. The molecule has 0 atom stereocenters. The smallest absolute Gasteiger partial charge is 0.222 e. The van der Waals surface area contributed by atoms with Gasteiger partial charge in [-0.2, -0.15) is 0 Å². The zero-order valence-electron chi connectivity index (χ0n) is 11.7. The Labute approximate surface area is 115 Å². The first kappa shape index (κ1) is 13.4. The Kier molecular flexibility index (Phi) is 4.38. The van der Waals surface area contributed by atoms with Crippen LogP contribution in [0.15, 0.2) is 0 Å². The highest BCUT2D eigenvalue weighted by Crippen LogP contribution is 2.30. The molecule has 3 rings (SSSR count). The molecule has 19 heavy (non-hydrogen) atoms. The first-order valence-electron chi connectivity index (χ1n) is 7.84. The average Bonchev–Trinajstić information content (AvgIpc) is 3.12. The molecule has 0 N–H and O–H groups in total. The number of hydrogen-bond donors (Lipinski definition) is 0. The molecule has 1 aliphatic carbocycles. The second-order valence-corrected chi connectivity index (χ2v) is 6.18. The predicted octanol–water partition coefficient (Wildman–Crippen LogP) is 2.18. The van der Waals surface area contributed by atoms with Crippen molar-refractivity contribution in [2.75, 3.05) is 26.3 Å². The number of carbonyl (C=O) groups is 1. The topological polar surface area (TPSA) is 38.8 Å². The van der Waals surface area contributed by atoms with Gasteiger partial charge in [-0.05, 0) is 31.6 Å². The maximum Gasteiger partial charge on any atom is 0.222 e. The van der Waals surface area contributed by atoms with Crippen molar-refractivity contribution in [2.45, 2.75) is 51.2 Å². The van der Waals surface area contributed by atoms with E-state index in [9.17, 15) is 4.79 Å². The van der Waals surface area contributed by atoms with E-state index in [1.54, 1.807) is 0 Å². The SMILES string of the molecule is O=C(CC1CCCC1)N1CCC(C2OCCO2)CC1. The van der Waals surface area contributed by atoms with Gasteiger partial charge in [-0.1, -0.05) is 12.8 Å². The molecule has 0 bridgehead atoms. The number of likely N-dealkylation sites (tertiary alicyclic amines) is 1. The summed E-state index contributed by atoms with van der Waals surface area (Å²) in [6, 6.07) is 0. The molecule has 4 heteroatoms. The van der Waals surface area contributed by atoms with Gasteiger partial charge in [-0.15, -0.1) is 0 Å². The zero-order valence-corrected chi connectivity index (χ0v) is 11.7. The summed E-state index contributed by atoms with van der Waals surface area (Å²) in [5, 5.41) is 0. The van der Waals surface area contributed by atoms with E-state index in [1.165, 1.54) is 25.7 Å². The molecule has 0 aromatic rings. The molecule has 0 spiro atoms. The third-order valence-electron chi connectivity index (χ3n) is 4.86. The Morgan fingerprint density at radius 2 is 1.63 bits per heavy atom. The van der Waals surface area contributed by atoms with E-state index in [-0.39, 0.29) is 6.29 Å². The maximum atomic E-state index is 12.2. The van der Waals surface area contributed by atoms with Gasteiger partial charge in [-0.3, -0.25) is 4.79 Å². The van der Waals surface area contributed by atoms with Gasteiger partial charge in [-0.25, -0.2) is 0 Å². The van der Waals surface area contributed by atoms with Gasteiger partial charge in [0.1, 0.15) is 0 Å². The van der Waals surface area contributed by atoms with Gasteiger partial charge in [0.15, 0.2) is 6.29 Å². The second kappa shape index (κ2) is 6.23. The third kappa shape index (κ3) is 3.29. The van der Waals surface area contributed by atoms with E-state index < -0.39 is 0 Å². The van der Waals surface area contributed by atoms with Gasteiger partial charge in [0.2, 0.25) is 5.91 Å². The summed E-state index contributed by atoms with van der Waals surface area (Å²) in [6.07, 6.45) is 7.97. The number of amides is 1. The van der Waals surface area contributed by atoms with Crippen molar-refractivity contribution in [1.82, 2.24) is 4.90 Å². The summed E-state index contributed by atoms with van der Waals surface area (Å²) in [5.74, 6) is 1.52. The van der Waals surface area contributed by atoms with Crippen molar-refractivity contribution in [2.24, 2.45) is 11.8 Å². The fourth-order valence-corrected chi connectivity index (χ4v) is 3.66. The maximum absolute atomic E-state index is 12.2. The molecular formula is C15H25NO3.